The molecule has 0 unspecified atom stereocenters. The molecule has 4 heteroatoms. The van der Waals surface area contributed by atoms with Gasteiger partial charge in [0.2, 0.25) is 0 Å². The Bertz CT molecular complexity index is 351. The van der Waals surface area contributed by atoms with Crippen LogP contribution in [0.4, 0.5) is 4.79 Å². The van der Waals surface area contributed by atoms with Crippen LogP contribution in [0.3, 0.4) is 0 Å². The molecule has 22 heavy (non-hydrogen) atoms. The van der Waals surface area contributed by atoms with E-state index >= 15 is 0 Å². The first-order valence-corrected chi connectivity index (χ1v) is 11.1. The van der Waals surface area contributed by atoms with Crippen molar-refractivity contribution >= 4 is 14.2 Å². The van der Waals surface area contributed by atoms with Crippen molar-refractivity contribution in [2.75, 3.05) is 13.2 Å². The molecule has 0 rings (SSSR count). The summed E-state index contributed by atoms with van der Waals surface area (Å²) in [5.41, 5.74) is 3.58. The molecule has 0 aliphatic rings. The van der Waals surface area contributed by atoms with E-state index in [-0.39, 0.29) is 6.61 Å². The van der Waals surface area contributed by atoms with E-state index in [1.807, 2.05) is 0 Å². The van der Waals surface area contributed by atoms with E-state index < -0.39 is 14.2 Å². The van der Waals surface area contributed by atoms with Crippen molar-refractivity contribution < 1.29 is 14.3 Å². The minimum absolute atomic E-state index is 0.141. The van der Waals surface area contributed by atoms with Crippen molar-refractivity contribution in [1.82, 2.24) is 0 Å². The van der Waals surface area contributed by atoms with Gasteiger partial charge in [0.15, 0.2) is 6.61 Å². The van der Waals surface area contributed by atoms with Crippen LogP contribution in [-0.2, 0) is 9.47 Å². The Kier molecular flexibility index (Phi) is 10.3. The summed E-state index contributed by atoms with van der Waals surface area (Å²) < 4.78 is 9.73. The Labute approximate surface area is 138 Å². The predicted molar refractivity (Wildman–Crippen MR) is 95.4 cm³/mol. The van der Waals surface area contributed by atoms with Crippen LogP contribution in [0.1, 0.15) is 48.5 Å². The summed E-state index contributed by atoms with van der Waals surface area (Å²) in [5.74, 6) is 5.09. The van der Waals surface area contributed by atoms with Crippen molar-refractivity contribution in [2.24, 2.45) is 17.8 Å². The van der Waals surface area contributed by atoms with Crippen LogP contribution in [0.15, 0.2) is 0 Å². The van der Waals surface area contributed by atoms with Gasteiger partial charge < -0.3 is 9.47 Å². The smallest absolute Gasteiger partial charge is 0.435 e. The highest BCUT2D eigenvalue weighted by Crippen LogP contribution is 2.31. The molecule has 0 saturated heterocycles. The van der Waals surface area contributed by atoms with E-state index in [9.17, 15) is 4.79 Å². The molecule has 0 spiro atoms. The molecule has 0 aromatic heterocycles. The highest BCUT2D eigenvalue weighted by Gasteiger charge is 2.33. The van der Waals surface area contributed by atoms with E-state index in [0.29, 0.717) is 24.4 Å². The second kappa shape index (κ2) is 10.7. The first-order valence-electron chi connectivity index (χ1n) is 8.50. The standard InChI is InChI=1S/C18H34O3Si/c1-8-20-18(19)21-10-9-11-22(12-15(2)3,13-16(4)5)14-17(6)7/h15-17H,8,10,12-14H2,1-7H3. The summed E-state index contributed by atoms with van der Waals surface area (Å²) in [7, 11) is -1.67. The number of hydrogen-bond acceptors (Lipinski definition) is 3. The molecule has 0 amide bonds. The Morgan fingerprint density at radius 2 is 1.36 bits per heavy atom. The molecule has 0 saturated carbocycles. The second-order valence-electron chi connectivity index (χ2n) is 7.35. The van der Waals surface area contributed by atoms with Crippen LogP contribution >= 0.6 is 0 Å². The van der Waals surface area contributed by atoms with Crippen LogP contribution in [0.2, 0.25) is 18.1 Å². The molecule has 0 atom stereocenters. The van der Waals surface area contributed by atoms with Gasteiger partial charge in [0, 0.05) is 0 Å². The first-order chi connectivity index (χ1) is 10.2. The summed E-state index contributed by atoms with van der Waals surface area (Å²) in [6.45, 7) is 15.9. The third-order valence-electron chi connectivity index (χ3n) is 3.27. The quantitative estimate of drug-likeness (QED) is 0.353. The van der Waals surface area contributed by atoms with Crippen LogP contribution in [0, 0.1) is 29.2 Å². The largest absolute Gasteiger partial charge is 0.509 e. The lowest BCUT2D eigenvalue weighted by Crippen LogP contribution is -2.37. The molecule has 0 aliphatic carbocycles. The maximum absolute atomic E-state index is 11.2. The zero-order valence-electron chi connectivity index (χ0n) is 15.5. The van der Waals surface area contributed by atoms with E-state index in [1.54, 1.807) is 6.92 Å². The zero-order chi connectivity index (χ0) is 17.2. The molecule has 0 aromatic rings. The minimum Gasteiger partial charge on any atom is -0.435 e. The summed E-state index contributed by atoms with van der Waals surface area (Å²) in [6, 6.07) is 3.65. The second-order valence-corrected chi connectivity index (χ2v) is 11.4. The fraction of sp³-hybridized carbons (Fsp3) is 0.833. The highest BCUT2D eigenvalue weighted by atomic mass is 28.3. The van der Waals surface area contributed by atoms with Crippen molar-refractivity contribution in [2.45, 2.75) is 66.6 Å². The van der Waals surface area contributed by atoms with Gasteiger partial charge in [-0.3, -0.25) is 0 Å². The average molecular weight is 327 g/mol. The molecule has 0 fully saturated rings. The summed E-state index contributed by atoms with van der Waals surface area (Å²) in [6.07, 6.45) is -0.624. The lowest BCUT2D eigenvalue weighted by molar-refractivity contribution is 0.0687. The Hall–Kier alpha value is -0.953. The van der Waals surface area contributed by atoms with Crippen molar-refractivity contribution in [3.05, 3.63) is 0 Å². The zero-order valence-corrected chi connectivity index (χ0v) is 16.5. The van der Waals surface area contributed by atoms with E-state index in [1.165, 1.54) is 18.1 Å². The van der Waals surface area contributed by atoms with E-state index in [0.717, 1.165) is 0 Å². The molecule has 3 nitrogen and oxygen atoms in total. The van der Waals surface area contributed by atoms with Crippen LogP contribution in [0.5, 0.6) is 0 Å². The lowest BCUT2D eigenvalue weighted by Gasteiger charge is -2.31. The van der Waals surface area contributed by atoms with Gasteiger partial charge in [-0.05, 0) is 42.8 Å². The number of hydrogen-bond donors (Lipinski definition) is 0. The van der Waals surface area contributed by atoms with Gasteiger partial charge in [-0.1, -0.05) is 47.5 Å². The van der Waals surface area contributed by atoms with Crippen molar-refractivity contribution in [3.63, 3.8) is 0 Å². The van der Waals surface area contributed by atoms with Crippen LogP contribution in [-0.4, -0.2) is 27.4 Å². The third kappa shape index (κ3) is 9.89. The monoisotopic (exact) mass is 326 g/mol. The Morgan fingerprint density at radius 1 is 0.909 bits per heavy atom. The Morgan fingerprint density at radius 3 is 1.73 bits per heavy atom. The highest BCUT2D eigenvalue weighted by molar-refractivity contribution is 6.87. The van der Waals surface area contributed by atoms with Gasteiger partial charge in [-0.2, -0.15) is 0 Å². The number of rotatable bonds is 8. The van der Waals surface area contributed by atoms with E-state index in [4.69, 9.17) is 9.47 Å². The number of carbonyl (C=O) groups is 1. The van der Waals surface area contributed by atoms with Gasteiger partial charge in [-0.25, -0.2) is 4.79 Å². The Balaban J connectivity index is 4.99. The predicted octanol–water partition coefficient (Wildman–Crippen LogP) is 5.12. The maximum Gasteiger partial charge on any atom is 0.509 e. The molecular formula is C18H34O3Si. The van der Waals surface area contributed by atoms with Crippen LogP contribution < -0.4 is 0 Å². The van der Waals surface area contributed by atoms with Gasteiger partial charge >= 0.3 is 6.16 Å². The molecule has 0 aromatic carbocycles. The molecular weight excluding hydrogens is 292 g/mol. The van der Waals surface area contributed by atoms with E-state index in [2.05, 4.69) is 53.0 Å². The first kappa shape index (κ1) is 21.0. The fourth-order valence-corrected chi connectivity index (χ4v) is 9.17. The van der Waals surface area contributed by atoms with Crippen LogP contribution in [0.25, 0.3) is 0 Å². The van der Waals surface area contributed by atoms with Gasteiger partial charge in [0.1, 0.15) is 8.07 Å². The molecule has 0 N–H and O–H groups in total. The lowest BCUT2D eigenvalue weighted by atomic mass is 10.2. The normalized spacial score (nSPS) is 11.5. The minimum atomic E-state index is -1.67. The van der Waals surface area contributed by atoms with Crippen molar-refractivity contribution in [1.29, 1.82) is 0 Å². The summed E-state index contributed by atoms with van der Waals surface area (Å²) >= 11 is 0. The molecule has 0 bridgehead atoms. The fourth-order valence-electron chi connectivity index (χ4n) is 3.23. The number of ether oxygens (including phenoxy) is 2. The SMILES string of the molecule is CCOC(=O)OCC#C[Si](CC(C)C)(CC(C)C)CC(C)C. The summed E-state index contributed by atoms with van der Waals surface area (Å²) in [4.78, 5) is 11.2. The maximum atomic E-state index is 11.2. The van der Waals surface area contributed by atoms with Gasteiger partial charge in [0.25, 0.3) is 0 Å². The summed E-state index contributed by atoms with van der Waals surface area (Å²) in [5, 5.41) is 0. The molecule has 128 valence electrons. The molecule has 0 aliphatic heterocycles. The van der Waals surface area contributed by atoms with Crippen molar-refractivity contribution in [3.8, 4) is 11.5 Å². The third-order valence-corrected chi connectivity index (χ3v) is 8.78. The topological polar surface area (TPSA) is 35.5 Å². The van der Waals surface area contributed by atoms with Gasteiger partial charge in [0.05, 0.1) is 6.61 Å². The molecule has 0 radical (unpaired) electrons. The average Bonchev–Trinajstić information content (AvgIpc) is 2.32. The molecule has 0 heterocycles. The van der Waals surface area contributed by atoms with Gasteiger partial charge in [-0.15, -0.1) is 5.54 Å². The number of carbonyl (C=O) groups excluding carboxylic acids is 1.